The Morgan fingerprint density at radius 1 is 1.14 bits per heavy atom. The van der Waals surface area contributed by atoms with Crippen LogP contribution in [0.3, 0.4) is 0 Å². The van der Waals surface area contributed by atoms with Gasteiger partial charge in [-0.3, -0.25) is 0 Å². The maximum Gasteiger partial charge on any atom is 0.234 e. The lowest BCUT2D eigenvalue weighted by Gasteiger charge is -1.97. The SMILES string of the molecule is Cc1csc(C)[n+]1Cc1ccccc1. The molecule has 0 aliphatic heterocycles. The van der Waals surface area contributed by atoms with E-state index in [-0.39, 0.29) is 0 Å². The lowest BCUT2D eigenvalue weighted by Crippen LogP contribution is -2.37. The molecule has 1 heterocycles. The minimum Gasteiger partial charge on any atom is -0.186 e. The first kappa shape index (κ1) is 9.41. The van der Waals surface area contributed by atoms with E-state index in [1.807, 2.05) is 11.3 Å². The van der Waals surface area contributed by atoms with E-state index in [0.29, 0.717) is 0 Å². The molecule has 0 spiro atoms. The highest BCUT2D eigenvalue weighted by molar-refractivity contribution is 7.09. The molecule has 2 heteroatoms. The van der Waals surface area contributed by atoms with Crippen LogP contribution in [0.5, 0.6) is 0 Å². The molecule has 0 unspecified atom stereocenters. The van der Waals surface area contributed by atoms with E-state index in [4.69, 9.17) is 0 Å². The maximum absolute atomic E-state index is 2.35. The Kier molecular flexibility index (Phi) is 2.64. The number of aromatic nitrogens is 1. The molecule has 0 radical (unpaired) electrons. The second kappa shape index (κ2) is 3.93. The third-order valence-electron chi connectivity index (χ3n) is 2.39. The van der Waals surface area contributed by atoms with E-state index < -0.39 is 0 Å². The zero-order valence-electron chi connectivity index (χ0n) is 8.53. The van der Waals surface area contributed by atoms with Crippen LogP contribution < -0.4 is 4.57 Å². The largest absolute Gasteiger partial charge is 0.234 e. The fourth-order valence-electron chi connectivity index (χ4n) is 1.55. The summed E-state index contributed by atoms with van der Waals surface area (Å²) in [5.74, 6) is 0. The zero-order valence-corrected chi connectivity index (χ0v) is 9.34. The van der Waals surface area contributed by atoms with Crippen molar-refractivity contribution in [3.63, 3.8) is 0 Å². The molecule has 0 saturated heterocycles. The number of hydrogen-bond donors (Lipinski definition) is 0. The van der Waals surface area contributed by atoms with Gasteiger partial charge in [0.15, 0.2) is 12.2 Å². The first-order chi connectivity index (χ1) is 6.77. The van der Waals surface area contributed by atoms with Crippen LogP contribution in [0, 0.1) is 13.8 Å². The molecule has 0 aliphatic rings. The van der Waals surface area contributed by atoms with Crippen molar-refractivity contribution >= 4 is 11.3 Å². The number of aryl methyl sites for hydroxylation is 2. The molecule has 0 fully saturated rings. The molecule has 1 aromatic heterocycles. The minimum atomic E-state index is 0.988. The Hall–Kier alpha value is -1.15. The Morgan fingerprint density at radius 3 is 2.43 bits per heavy atom. The summed E-state index contributed by atoms with van der Waals surface area (Å²) in [5.41, 5.74) is 2.71. The summed E-state index contributed by atoms with van der Waals surface area (Å²) in [4.78, 5) is 0. The second-order valence-electron chi connectivity index (χ2n) is 3.47. The van der Waals surface area contributed by atoms with E-state index in [2.05, 4.69) is 54.1 Å². The number of rotatable bonds is 2. The molecule has 72 valence electrons. The Balaban J connectivity index is 2.27. The predicted molar refractivity (Wildman–Crippen MR) is 59.5 cm³/mol. The minimum absolute atomic E-state index is 0.988. The fraction of sp³-hybridized carbons (Fsp3) is 0.250. The van der Waals surface area contributed by atoms with Gasteiger partial charge in [0, 0.05) is 19.4 Å². The summed E-state index contributed by atoms with van der Waals surface area (Å²) in [5, 5.41) is 3.57. The van der Waals surface area contributed by atoms with Crippen molar-refractivity contribution < 1.29 is 4.57 Å². The number of nitrogens with zero attached hydrogens (tertiary/aromatic N) is 1. The summed E-state index contributed by atoms with van der Waals surface area (Å²) in [6.45, 7) is 5.31. The van der Waals surface area contributed by atoms with Crippen LogP contribution in [-0.4, -0.2) is 0 Å². The van der Waals surface area contributed by atoms with Gasteiger partial charge < -0.3 is 0 Å². The van der Waals surface area contributed by atoms with Crippen molar-refractivity contribution in [1.82, 2.24) is 0 Å². The zero-order chi connectivity index (χ0) is 9.97. The quantitative estimate of drug-likeness (QED) is 0.662. The van der Waals surface area contributed by atoms with Gasteiger partial charge in [-0.15, -0.1) is 0 Å². The molecule has 0 saturated carbocycles. The molecule has 2 rings (SSSR count). The summed E-state index contributed by atoms with van der Waals surface area (Å²) >= 11 is 1.81. The average molecular weight is 204 g/mol. The van der Waals surface area contributed by atoms with E-state index in [1.54, 1.807) is 0 Å². The van der Waals surface area contributed by atoms with Crippen LogP contribution in [-0.2, 0) is 6.54 Å². The molecular weight excluding hydrogens is 190 g/mol. The predicted octanol–water partition coefficient (Wildman–Crippen LogP) is 2.70. The van der Waals surface area contributed by atoms with Crippen LogP contribution >= 0.6 is 11.3 Å². The lowest BCUT2D eigenvalue weighted by atomic mass is 10.2. The molecule has 2 aromatic rings. The van der Waals surface area contributed by atoms with Gasteiger partial charge in [-0.2, -0.15) is 4.57 Å². The average Bonchev–Trinajstić information content (AvgIpc) is 2.51. The van der Waals surface area contributed by atoms with Crippen molar-refractivity contribution in [2.45, 2.75) is 20.4 Å². The van der Waals surface area contributed by atoms with E-state index in [0.717, 1.165) is 6.54 Å². The van der Waals surface area contributed by atoms with Gasteiger partial charge in [0.2, 0.25) is 5.01 Å². The summed E-state index contributed by atoms with van der Waals surface area (Å²) in [6, 6.07) is 10.6. The first-order valence-electron chi connectivity index (χ1n) is 4.76. The van der Waals surface area contributed by atoms with Crippen molar-refractivity contribution in [3.05, 3.63) is 52.0 Å². The molecule has 0 N–H and O–H groups in total. The molecule has 0 bridgehead atoms. The first-order valence-corrected chi connectivity index (χ1v) is 5.64. The lowest BCUT2D eigenvalue weighted by molar-refractivity contribution is -0.695. The van der Waals surface area contributed by atoms with E-state index in [9.17, 15) is 0 Å². The highest BCUT2D eigenvalue weighted by Crippen LogP contribution is 2.07. The van der Waals surface area contributed by atoms with Gasteiger partial charge in [0.1, 0.15) is 0 Å². The van der Waals surface area contributed by atoms with Gasteiger partial charge in [-0.05, 0) is 0 Å². The van der Waals surface area contributed by atoms with Gasteiger partial charge in [-0.25, -0.2) is 0 Å². The molecule has 1 nitrogen and oxygen atoms in total. The Labute approximate surface area is 88.7 Å². The topological polar surface area (TPSA) is 3.88 Å². The van der Waals surface area contributed by atoms with Crippen LogP contribution in [0.2, 0.25) is 0 Å². The van der Waals surface area contributed by atoms with Gasteiger partial charge in [-0.1, -0.05) is 41.7 Å². The third-order valence-corrected chi connectivity index (χ3v) is 3.41. The second-order valence-corrected chi connectivity index (χ2v) is 4.53. The van der Waals surface area contributed by atoms with Gasteiger partial charge >= 0.3 is 0 Å². The Bertz CT molecular complexity index is 398. The van der Waals surface area contributed by atoms with Crippen LogP contribution in [0.1, 0.15) is 16.3 Å². The van der Waals surface area contributed by atoms with Gasteiger partial charge in [0.05, 0.1) is 5.38 Å². The molecule has 0 amide bonds. The monoisotopic (exact) mass is 204 g/mol. The normalized spacial score (nSPS) is 10.4. The van der Waals surface area contributed by atoms with Crippen LogP contribution in [0.15, 0.2) is 35.7 Å². The van der Waals surface area contributed by atoms with Crippen molar-refractivity contribution in [3.8, 4) is 0 Å². The summed E-state index contributed by atoms with van der Waals surface area (Å²) in [7, 11) is 0. The smallest absolute Gasteiger partial charge is 0.186 e. The highest BCUT2D eigenvalue weighted by atomic mass is 32.1. The number of benzene rings is 1. The molecule has 0 aliphatic carbocycles. The highest BCUT2D eigenvalue weighted by Gasteiger charge is 2.12. The fourth-order valence-corrected chi connectivity index (χ4v) is 2.35. The number of hydrogen-bond acceptors (Lipinski definition) is 1. The summed E-state index contributed by atoms with van der Waals surface area (Å²) in [6.07, 6.45) is 0. The van der Waals surface area contributed by atoms with Crippen LogP contribution in [0.25, 0.3) is 0 Å². The van der Waals surface area contributed by atoms with Crippen molar-refractivity contribution in [2.75, 3.05) is 0 Å². The van der Waals surface area contributed by atoms with Crippen molar-refractivity contribution in [1.29, 1.82) is 0 Å². The standard InChI is InChI=1S/C12H14NS/c1-10-9-14-11(2)13(10)8-12-6-4-3-5-7-12/h3-7,9H,8H2,1-2H3/q+1. The van der Waals surface area contributed by atoms with Crippen molar-refractivity contribution in [2.24, 2.45) is 0 Å². The molecule has 1 aromatic carbocycles. The van der Waals surface area contributed by atoms with E-state index in [1.165, 1.54) is 16.3 Å². The maximum atomic E-state index is 2.35. The molecule has 0 atom stereocenters. The molecule has 14 heavy (non-hydrogen) atoms. The number of thiazole rings is 1. The van der Waals surface area contributed by atoms with Crippen LogP contribution in [0.4, 0.5) is 0 Å². The third kappa shape index (κ3) is 1.85. The molecular formula is C12H14NS+. The summed E-state index contributed by atoms with van der Waals surface area (Å²) < 4.78 is 2.35. The van der Waals surface area contributed by atoms with E-state index >= 15 is 0 Å². The Morgan fingerprint density at radius 2 is 1.86 bits per heavy atom. The van der Waals surface area contributed by atoms with Gasteiger partial charge in [0.25, 0.3) is 0 Å².